The van der Waals surface area contributed by atoms with Crippen molar-refractivity contribution in [2.75, 3.05) is 13.2 Å². The molecule has 0 bridgehead atoms. The van der Waals surface area contributed by atoms with Crippen LogP contribution in [0.2, 0.25) is 0 Å². The molecule has 0 amide bonds. The van der Waals surface area contributed by atoms with Gasteiger partial charge in [-0.3, -0.25) is 14.4 Å². The van der Waals surface area contributed by atoms with Crippen LogP contribution in [0.3, 0.4) is 0 Å². The normalized spacial score (nSPS) is 12.7. The molecule has 1 atom stereocenters. The van der Waals surface area contributed by atoms with Gasteiger partial charge in [-0.1, -0.05) is 304 Å². The molecule has 6 heteroatoms. The Hall–Kier alpha value is -3.67. The van der Waals surface area contributed by atoms with E-state index in [9.17, 15) is 14.4 Å². The summed E-state index contributed by atoms with van der Waals surface area (Å²) >= 11 is 0. The van der Waals surface area contributed by atoms with Crippen molar-refractivity contribution in [2.24, 2.45) is 0 Å². The van der Waals surface area contributed by atoms with E-state index < -0.39 is 6.10 Å². The lowest BCUT2D eigenvalue weighted by atomic mass is 10.0. The molecule has 0 saturated carbocycles. The third kappa shape index (κ3) is 65.0. The number of hydrogen-bond acceptors (Lipinski definition) is 6. The zero-order valence-electron chi connectivity index (χ0n) is 52.1. The van der Waals surface area contributed by atoms with Crippen molar-refractivity contribution >= 4 is 17.9 Å². The lowest BCUT2D eigenvalue weighted by Crippen LogP contribution is -2.30. The van der Waals surface area contributed by atoms with Crippen molar-refractivity contribution in [1.82, 2.24) is 0 Å². The lowest BCUT2D eigenvalue weighted by Gasteiger charge is -2.18. The fourth-order valence-corrected chi connectivity index (χ4v) is 9.54. The first-order valence-electron chi connectivity index (χ1n) is 33.7. The SMILES string of the molecule is CC/C=C\C/C=C\C/C=C\C/C=C\C/C=C\C/C=C\CCCCCCCCCCC(=O)OC(COC(=O)CCCCCCC)COC(=O)CCCCCCCCCCCCCCCCCCC/C=C\C/C=C\CCCCCCC. The van der Waals surface area contributed by atoms with Crippen LogP contribution in [-0.2, 0) is 28.6 Å². The minimum atomic E-state index is -0.779. The Kier molecular flexibility index (Phi) is 63.7. The number of hydrogen-bond donors (Lipinski definition) is 0. The summed E-state index contributed by atoms with van der Waals surface area (Å²) in [6, 6.07) is 0. The number of rotatable bonds is 61. The average molecular weight is 1100 g/mol. The van der Waals surface area contributed by atoms with Crippen LogP contribution in [0.1, 0.15) is 329 Å². The molecule has 0 heterocycles. The third-order valence-electron chi connectivity index (χ3n) is 14.6. The largest absolute Gasteiger partial charge is 0.462 e. The number of carbonyl (C=O) groups excluding carboxylic acids is 3. The van der Waals surface area contributed by atoms with E-state index >= 15 is 0 Å². The molecule has 0 aliphatic rings. The van der Waals surface area contributed by atoms with Crippen molar-refractivity contribution in [3.05, 3.63) is 97.2 Å². The Balaban J connectivity index is 4.02. The van der Waals surface area contributed by atoms with E-state index in [0.717, 1.165) is 116 Å². The van der Waals surface area contributed by atoms with Gasteiger partial charge in [0.05, 0.1) is 0 Å². The highest BCUT2D eigenvalue weighted by molar-refractivity contribution is 5.71. The summed E-state index contributed by atoms with van der Waals surface area (Å²) < 4.78 is 16.8. The minimum absolute atomic E-state index is 0.0786. The van der Waals surface area contributed by atoms with Crippen LogP contribution in [0, 0.1) is 0 Å². The molecule has 0 fully saturated rings. The van der Waals surface area contributed by atoms with Crippen LogP contribution < -0.4 is 0 Å². The topological polar surface area (TPSA) is 78.9 Å². The van der Waals surface area contributed by atoms with Gasteiger partial charge in [0.15, 0.2) is 6.10 Å². The Morgan fingerprint density at radius 3 is 0.772 bits per heavy atom. The number of unbranched alkanes of at least 4 members (excludes halogenated alkanes) is 34. The molecule has 6 nitrogen and oxygen atoms in total. The maximum atomic E-state index is 12.8. The van der Waals surface area contributed by atoms with E-state index in [1.54, 1.807) is 0 Å². The van der Waals surface area contributed by atoms with Gasteiger partial charge in [0, 0.05) is 19.3 Å². The summed E-state index contributed by atoms with van der Waals surface area (Å²) in [4.78, 5) is 38.0. The fraction of sp³-hybridized carbons (Fsp3) is 0.740. The quantitative estimate of drug-likeness (QED) is 0.0261. The number of esters is 3. The summed E-state index contributed by atoms with van der Waals surface area (Å²) in [6.07, 6.45) is 90.5. The zero-order valence-corrected chi connectivity index (χ0v) is 52.1. The first kappa shape index (κ1) is 75.3. The van der Waals surface area contributed by atoms with Crippen molar-refractivity contribution in [3.8, 4) is 0 Å². The summed E-state index contributed by atoms with van der Waals surface area (Å²) in [5.74, 6) is -0.891. The second kappa shape index (κ2) is 66.8. The maximum absolute atomic E-state index is 12.8. The van der Waals surface area contributed by atoms with E-state index in [0.29, 0.717) is 19.3 Å². The van der Waals surface area contributed by atoms with Gasteiger partial charge >= 0.3 is 17.9 Å². The molecule has 454 valence electrons. The molecule has 79 heavy (non-hydrogen) atoms. The molecule has 1 unspecified atom stereocenters. The highest BCUT2D eigenvalue weighted by Crippen LogP contribution is 2.17. The van der Waals surface area contributed by atoms with Gasteiger partial charge in [-0.15, -0.1) is 0 Å². The Bertz CT molecular complexity index is 1540. The summed E-state index contributed by atoms with van der Waals surface area (Å²) in [5.41, 5.74) is 0. The average Bonchev–Trinajstić information content (AvgIpc) is 3.45. The van der Waals surface area contributed by atoms with Gasteiger partial charge in [0.2, 0.25) is 0 Å². The van der Waals surface area contributed by atoms with E-state index in [1.807, 2.05) is 0 Å². The summed E-state index contributed by atoms with van der Waals surface area (Å²) in [5, 5.41) is 0. The first-order chi connectivity index (χ1) is 39.0. The van der Waals surface area contributed by atoms with Crippen LogP contribution in [0.5, 0.6) is 0 Å². The molecule has 0 aromatic carbocycles. The molecule has 0 spiro atoms. The predicted molar refractivity (Wildman–Crippen MR) is 344 cm³/mol. The lowest BCUT2D eigenvalue weighted by molar-refractivity contribution is -0.167. The molecule has 0 saturated heterocycles. The van der Waals surface area contributed by atoms with Crippen molar-refractivity contribution in [2.45, 2.75) is 335 Å². The second-order valence-corrected chi connectivity index (χ2v) is 22.4. The highest BCUT2D eigenvalue weighted by atomic mass is 16.6. The smallest absolute Gasteiger partial charge is 0.306 e. The number of carbonyl (C=O) groups is 3. The van der Waals surface area contributed by atoms with Gasteiger partial charge in [-0.25, -0.2) is 0 Å². The van der Waals surface area contributed by atoms with Gasteiger partial charge in [-0.05, 0) is 103 Å². The first-order valence-corrected chi connectivity index (χ1v) is 33.7. The second-order valence-electron chi connectivity index (χ2n) is 22.4. The van der Waals surface area contributed by atoms with E-state index in [-0.39, 0.29) is 31.1 Å². The Labute approximate surface area is 489 Å². The molecule has 0 rings (SSSR count). The summed E-state index contributed by atoms with van der Waals surface area (Å²) in [6.45, 7) is 6.45. The van der Waals surface area contributed by atoms with Crippen molar-refractivity contribution in [3.63, 3.8) is 0 Å². The standard InChI is InChI=1S/C73H126O6/c1-4-7-10-13-15-17-19-21-23-25-27-29-31-33-35-36-38-39-41-43-45-47-49-51-53-55-57-60-63-66-72(75)78-69-70(68-77-71(74)65-62-59-12-9-6-3)79-73(76)67-64-61-58-56-54-52-50-48-46-44-42-40-37-34-32-30-28-26-24-22-20-18-16-14-11-8-5-2/h8,11,16,18-19,21-22,24-25,27-28,30,34,37,42,44,70H,4-7,9-10,12-15,17,20,23,26,29,31-33,35-36,38-41,43,45-69H2,1-3H3/b11-8-,18-16-,21-19-,24-22-,27-25-,30-28-,37-34-,44-42-. The molecule has 0 aliphatic carbocycles. The minimum Gasteiger partial charge on any atom is -0.462 e. The predicted octanol–water partition coefficient (Wildman–Crippen LogP) is 23.2. The van der Waals surface area contributed by atoms with Crippen molar-refractivity contribution < 1.29 is 28.6 Å². The van der Waals surface area contributed by atoms with Crippen LogP contribution >= 0.6 is 0 Å². The van der Waals surface area contributed by atoms with Gasteiger partial charge in [0.1, 0.15) is 13.2 Å². The van der Waals surface area contributed by atoms with Gasteiger partial charge in [0.25, 0.3) is 0 Å². The van der Waals surface area contributed by atoms with Crippen LogP contribution in [0.4, 0.5) is 0 Å². The van der Waals surface area contributed by atoms with E-state index in [2.05, 4.69) is 118 Å². The monoisotopic (exact) mass is 1100 g/mol. The molecule has 0 radical (unpaired) electrons. The van der Waals surface area contributed by atoms with Crippen LogP contribution in [0.15, 0.2) is 97.2 Å². The van der Waals surface area contributed by atoms with E-state index in [1.165, 1.54) is 173 Å². The van der Waals surface area contributed by atoms with Crippen molar-refractivity contribution in [1.29, 1.82) is 0 Å². The fourth-order valence-electron chi connectivity index (χ4n) is 9.54. The number of allylic oxidation sites excluding steroid dienone is 16. The zero-order chi connectivity index (χ0) is 57.1. The van der Waals surface area contributed by atoms with E-state index in [4.69, 9.17) is 14.2 Å². The van der Waals surface area contributed by atoms with Gasteiger partial charge < -0.3 is 14.2 Å². The molecular weight excluding hydrogens is 973 g/mol. The molecule has 0 aromatic rings. The molecule has 0 N–H and O–H groups in total. The highest BCUT2D eigenvalue weighted by Gasteiger charge is 2.19. The molecular formula is C73H126O6. The molecule has 0 aromatic heterocycles. The number of ether oxygens (including phenoxy) is 3. The third-order valence-corrected chi connectivity index (χ3v) is 14.6. The van der Waals surface area contributed by atoms with Crippen LogP contribution in [-0.4, -0.2) is 37.2 Å². The van der Waals surface area contributed by atoms with Gasteiger partial charge in [-0.2, -0.15) is 0 Å². The summed E-state index contributed by atoms with van der Waals surface area (Å²) in [7, 11) is 0. The van der Waals surface area contributed by atoms with Crippen LogP contribution in [0.25, 0.3) is 0 Å². The molecule has 0 aliphatic heterocycles. The Morgan fingerprint density at radius 1 is 0.266 bits per heavy atom. The Morgan fingerprint density at radius 2 is 0.494 bits per heavy atom. The maximum Gasteiger partial charge on any atom is 0.306 e.